The van der Waals surface area contributed by atoms with Gasteiger partial charge in [-0.05, 0) is 49.4 Å². The van der Waals surface area contributed by atoms with Gasteiger partial charge in [0, 0.05) is 24.2 Å². The Morgan fingerprint density at radius 2 is 1.89 bits per heavy atom. The predicted molar refractivity (Wildman–Crippen MR) is 113 cm³/mol. The fourth-order valence-corrected chi connectivity index (χ4v) is 2.20. The van der Waals surface area contributed by atoms with Crippen LogP contribution in [0.4, 0.5) is 21.5 Å². The Balaban J connectivity index is 1.90. The van der Waals surface area contributed by atoms with E-state index in [9.17, 15) is 4.39 Å². The molecule has 148 valence electrons. The highest BCUT2D eigenvalue weighted by molar-refractivity contribution is 5.93. The number of nitrogens with zero attached hydrogens (tertiary/aromatic N) is 1. The van der Waals surface area contributed by atoms with E-state index in [1.54, 1.807) is 38.3 Å². The van der Waals surface area contributed by atoms with Crippen LogP contribution in [0.3, 0.4) is 0 Å². The normalized spacial score (nSPS) is 11.8. The van der Waals surface area contributed by atoms with Crippen LogP contribution in [0.15, 0.2) is 77.8 Å². The summed E-state index contributed by atoms with van der Waals surface area (Å²) in [7, 11) is 1.62. The second kappa shape index (κ2) is 10.7. The first-order valence-corrected chi connectivity index (χ1v) is 8.68. The number of nitrogens with one attached hydrogen (secondary N) is 2. The molecule has 2 rings (SSSR count). The second-order valence-corrected chi connectivity index (χ2v) is 5.91. The SMILES string of the molecule is C=C(Nc1cccc(N)c1)/C(F)=C\N=C(C)Nc1ccc(OCCOC)cc1. The lowest BCUT2D eigenvalue weighted by Gasteiger charge is -2.09. The molecule has 0 aliphatic heterocycles. The van der Waals surface area contributed by atoms with Crippen molar-refractivity contribution in [3.05, 3.63) is 72.8 Å². The molecule has 0 aliphatic carbocycles. The zero-order chi connectivity index (χ0) is 20.4. The molecular weight excluding hydrogens is 359 g/mol. The van der Waals surface area contributed by atoms with E-state index in [4.69, 9.17) is 15.2 Å². The van der Waals surface area contributed by atoms with Crippen molar-refractivity contribution in [3.63, 3.8) is 0 Å². The van der Waals surface area contributed by atoms with Crippen molar-refractivity contribution in [2.24, 2.45) is 4.99 Å². The van der Waals surface area contributed by atoms with Crippen molar-refractivity contribution >= 4 is 22.9 Å². The van der Waals surface area contributed by atoms with E-state index in [2.05, 4.69) is 22.2 Å². The molecule has 2 aromatic carbocycles. The number of nitrogen functional groups attached to an aromatic ring is 1. The van der Waals surface area contributed by atoms with Crippen LogP contribution in [-0.4, -0.2) is 26.2 Å². The standard InChI is InChI=1S/C21H25FN4O2/c1-15(25-19-6-4-5-17(23)13-19)21(22)14-24-16(2)26-18-7-9-20(10-8-18)28-12-11-27-3/h4-10,13-14,25H,1,11-12,23H2,2-3H3,(H,24,26)/b21-14+. The first-order valence-electron chi connectivity index (χ1n) is 8.68. The number of allylic oxidation sites excluding steroid dienone is 1. The Hall–Kier alpha value is -3.32. The highest BCUT2D eigenvalue weighted by atomic mass is 19.1. The Labute approximate surface area is 164 Å². The number of hydrogen-bond donors (Lipinski definition) is 3. The molecule has 4 N–H and O–H groups in total. The largest absolute Gasteiger partial charge is 0.491 e. The van der Waals surface area contributed by atoms with E-state index in [-0.39, 0.29) is 5.70 Å². The van der Waals surface area contributed by atoms with Crippen LogP contribution >= 0.6 is 0 Å². The summed E-state index contributed by atoms with van der Waals surface area (Å²) in [4.78, 5) is 4.08. The van der Waals surface area contributed by atoms with Crippen molar-refractivity contribution in [1.29, 1.82) is 0 Å². The zero-order valence-corrected chi connectivity index (χ0v) is 16.0. The predicted octanol–water partition coefficient (Wildman–Crippen LogP) is 4.56. The van der Waals surface area contributed by atoms with Crippen molar-refractivity contribution in [3.8, 4) is 5.75 Å². The molecule has 7 heteroatoms. The Morgan fingerprint density at radius 1 is 1.14 bits per heavy atom. The lowest BCUT2D eigenvalue weighted by molar-refractivity contribution is 0.146. The third kappa shape index (κ3) is 7.13. The Kier molecular flexibility index (Phi) is 8.05. The third-order valence-electron chi connectivity index (χ3n) is 3.58. The van der Waals surface area contributed by atoms with Crippen LogP contribution in [0.25, 0.3) is 0 Å². The first kappa shape index (κ1) is 21.0. The molecule has 0 saturated heterocycles. The number of aliphatic imine (C=N–C) groups is 1. The highest BCUT2D eigenvalue weighted by Crippen LogP contribution is 2.18. The Bertz CT molecular complexity index is 848. The number of hydrogen-bond acceptors (Lipinski definition) is 5. The van der Waals surface area contributed by atoms with E-state index >= 15 is 0 Å². The Morgan fingerprint density at radius 3 is 2.57 bits per heavy atom. The number of benzene rings is 2. The van der Waals surface area contributed by atoms with E-state index in [1.807, 2.05) is 24.3 Å². The minimum absolute atomic E-state index is 0.0970. The molecule has 0 saturated carbocycles. The number of anilines is 3. The van der Waals surface area contributed by atoms with Gasteiger partial charge in [-0.3, -0.25) is 0 Å². The number of halogens is 1. The van der Waals surface area contributed by atoms with Gasteiger partial charge in [0.05, 0.1) is 18.5 Å². The van der Waals surface area contributed by atoms with E-state index < -0.39 is 5.83 Å². The van der Waals surface area contributed by atoms with Crippen molar-refractivity contribution < 1.29 is 13.9 Å². The molecule has 0 aliphatic rings. The van der Waals surface area contributed by atoms with Gasteiger partial charge in [-0.15, -0.1) is 0 Å². The maximum atomic E-state index is 14.2. The fourth-order valence-electron chi connectivity index (χ4n) is 2.20. The summed E-state index contributed by atoms with van der Waals surface area (Å²) in [6.45, 7) is 6.43. The molecular formula is C21H25FN4O2. The fraction of sp³-hybridized carbons (Fsp3) is 0.190. The quantitative estimate of drug-likeness (QED) is 0.194. The van der Waals surface area contributed by atoms with Crippen LogP contribution in [0, 0.1) is 0 Å². The lowest BCUT2D eigenvalue weighted by Crippen LogP contribution is -2.07. The van der Waals surface area contributed by atoms with Crippen LogP contribution in [0.5, 0.6) is 5.75 Å². The number of amidine groups is 1. The monoisotopic (exact) mass is 384 g/mol. The second-order valence-electron chi connectivity index (χ2n) is 5.91. The molecule has 0 radical (unpaired) electrons. The molecule has 0 aromatic heterocycles. The molecule has 28 heavy (non-hydrogen) atoms. The lowest BCUT2D eigenvalue weighted by atomic mass is 10.2. The van der Waals surface area contributed by atoms with E-state index in [0.717, 1.165) is 17.6 Å². The summed E-state index contributed by atoms with van der Waals surface area (Å²) < 4.78 is 24.6. The van der Waals surface area contributed by atoms with Crippen LogP contribution < -0.4 is 21.1 Å². The molecule has 0 fully saturated rings. The molecule has 0 spiro atoms. The van der Waals surface area contributed by atoms with E-state index in [1.165, 1.54) is 0 Å². The van der Waals surface area contributed by atoms with Crippen molar-refractivity contribution in [2.75, 3.05) is 36.7 Å². The molecule has 0 unspecified atom stereocenters. The number of ether oxygens (including phenoxy) is 2. The smallest absolute Gasteiger partial charge is 0.164 e. The summed E-state index contributed by atoms with van der Waals surface area (Å²) in [5, 5.41) is 5.93. The summed E-state index contributed by atoms with van der Waals surface area (Å²) >= 11 is 0. The van der Waals surface area contributed by atoms with Gasteiger partial charge < -0.3 is 25.8 Å². The van der Waals surface area contributed by atoms with Gasteiger partial charge in [0.15, 0.2) is 5.83 Å². The van der Waals surface area contributed by atoms with Gasteiger partial charge in [0.25, 0.3) is 0 Å². The number of methoxy groups -OCH3 is 1. The average Bonchev–Trinajstić information content (AvgIpc) is 2.67. The highest BCUT2D eigenvalue weighted by Gasteiger charge is 2.03. The molecule has 0 atom stereocenters. The molecule has 6 nitrogen and oxygen atoms in total. The molecule has 0 bridgehead atoms. The van der Waals surface area contributed by atoms with Crippen LogP contribution in [0.1, 0.15) is 6.92 Å². The molecule has 2 aromatic rings. The number of rotatable bonds is 9. The number of nitrogens with two attached hydrogens (primary N) is 1. The van der Waals surface area contributed by atoms with Crippen molar-refractivity contribution in [1.82, 2.24) is 0 Å². The van der Waals surface area contributed by atoms with Gasteiger partial charge in [-0.2, -0.15) is 0 Å². The minimum Gasteiger partial charge on any atom is -0.491 e. The summed E-state index contributed by atoms with van der Waals surface area (Å²) in [5.41, 5.74) is 7.84. The van der Waals surface area contributed by atoms with Gasteiger partial charge >= 0.3 is 0 Å². The van der Waals surface area contributed by atoms with E-state index in [0.29, 0.717) is 30.4 Å². The maximum Gasteiger partial charge on any atom is 0.164 e. The van der Waals surface area contributed by atoms with Gasteiger partial charge in [0.1, 0.15) is 18.2 Å². The first-order chi connectivity index (χ1) is 13.5. The average molecular weight is 384 g/mol. The minimum atomic E-state index is -0.578. The van der Waals surface area contributed by atoms with Crippen LogP contribution in [-0.2, 0) is 4.74 Å². The van der Waals surface area contributed by atoms with Crippen LogP contribution in [0.2, 0.25) is 0 Å². The summed E-state index contributed by atoms with van der Waals surface area (Å²) in [5.74, 6) is 0.692. The topological polar surface area (TPSA) is 80.9 Å². The zero-order valence-electron chi connectivity index (χ0n) is 16.0. The summed E-state index contributed by atoms with van der Waals surface area (Å²) in [6, 6.07) is 14.3. The summed E-state index contributed by atoms with van der Waals surface area (Å²) in [6.07, 6.45) is 1.10. The van der Waals surface area contributed by atoms with Gasteiger partial charge in [-0.25, -0.2) is 9.38 Å². The van der Waals surface area contributed by atoms with Gasteiger partial charge in [0.2, 0.25) is 0 Å². The van der Waals surface area contributed by atoms with Crippen molar-refractivity contribution in [2.45, 2.75) is 6.92 Å². The molecule has 0 heterocycles. The van der Waals surface area contributed by atoms with Gasteiger partial charge in [-0.1, -0.05) is 12.6 Å². The molecule has 0 amide bonds. The third-order valence-corrected chi connectivity index (χ3v) is 3.58. The maximum absolute atomic E-state index is 14.2.